The number of halogens is 6. The number of alkyl halides is 6. The zero-order valence-corrected chi connectivity index (χ0v) is 5.65. The zero-order chi connectivity index (χ0) is 10.6. The van der Waals surface area contributed by atoms with Crippen LogP contribution in [0.1, 0.15) is 0 Å². The highest BCUT2D eigenvalue weighted by atomic mass is 19.4. The summed E-state index contributed by atoms with van der Waals surface area (Å²) in [5.74, 6) is 0. The topological polar surface area (TPSA) is 35.5 Å². The Morgan fingerprint density at radius 2 is 1.54 bits per heavy atom. The van der Waals surface area contributed by atoms with E-state index in [9.17, 15) is 31.1 Å². The molecule has 0 aliphatic heterocycles. The third-order valence-corrected chi connectivity index (χ3v) is 0.642. The van der Waals surface area contributed by atoms with Gasteiger partial charge >= 0.3 is 25.3 Å². The Labute approximate surface area is 67.2 Å². The summed E-state index contributed by atoms with van der Waals surface area (Å²) in [4.78, 5) is 9.85. The van der Waals surface area contributed by atoms with Gasteiger partial charge in [0.05, 0.1) is 0 Å². The molecular weight excluding hydrogens is 210 g/mol. The van der Waals surface area contributed by atoms with Crippen molar-refractivity contribution in [3.63, 3.8) is 0 Å². The Morgan fingerprint density at radius 3 is 1.85 bits per heavy atom. The molecule has 1 unspecified atom stereocenters. The minimum absolute atomic E-state index is 2.43. The monoisotopic (exact) mass is 212 g/mol. The highest BCUT2D eigenvalue weighted by Crippen LogP contribution is 2.24. The zero-order valence-electron chi connectivity index (χ0n) is 5.65. The molecule has 0 aromatic heterocycles. The van der Waals surface area contributed by atoms with Crippen LogP contribution in [0.5, 0.6) is 0 Å². The Morgan fingerprint density at radius 1 is 1.08 bits per heavy atom. The molecule has 0 bridgehead atoms. The summed E-state index contributed by atoms with van der Waals surface area (Å²) in [6.45, 7) is -3.66. The van der Waals surface area contributed by atoms with Crippen LogP contribution in [0.4, 0.5) is 31.1 Å². The fraction of sp³-hybridized carbons (Fsp3) is 0.750. The maximum atomic E-state index is 11.7. The van der Waals surface area contributed by atoms with Crippen molar-refractivity contribution in [1.29, 1.82) is 0 Å². The Kier molecular flexibility index (Phi) is 3.82. The molecule has 0 saturated heterocycles. The molecule has 0 aromatic rings. The first kappa shape index (κ1) is 11.8. The van der Waals surface area contributed by atoms with Crippen LogP contribution >= 0.6 is 0 Å². The van der Waals surface area contributed by atoms with E-state index in [4.69, 9.17) is 0 Å². The Hall–Kier alpha value is -1.15. The summed E-state index contributed by atoms with van der Waals surface area (Å²) in [6.07, 6.45) is -11.9. The SMILES string of the molecule is O=C(OC(F)F)OC(F)C(F)(F)F. The lowest BCUT2D eigenvalue weighted by molar-refractivity contribution is -0.256. The van der Waals surface area contributed by atoms with E-state index in [1.165, 1.54) is 0 Å². The third-order valence-electron chi connectivity index (χ3n) is 0.642. The smallest absolute Gasteiger partial charge is 0.389 e. The van der Waals surface area contributed by atoms with E-state index in [1.807, 2.05) is 0 Å². The second-order valence-corrected chi connectivity index (χ2v) is 1.60. The maximum absolute atomic E-state index is 11.7. The van der Waals surface area contributed by atoms with Crippen molar-refractivity contribution < 1.29 is 40.6 Å². The molecule has 0 N–H and O–H groups in total. The fourth-order valence-corrected chi connectivity index (χ4v) is 0.252. The first-order valence-corrected chi connectivity index (χ1v) is 2.59. The van der Waals surface area contributed by atoms with Crippen LogP contribution in [0, 0.1) is 0 Å². The van der Waals surface area contributed by atoms with E-state index in [-0.39, 0.29) is 0 Å². The second-order valence-electron chi connectivity index (χ2n) is 1.60. The van der Waals surface area contributed by atoms with Crippen molar-refractivity contribution in [3.8, 4) is 0 Å². The number of ether oxygens (including phenoxy) is 2. The van der Waals surface area contributed by atoms with Crippen LogP contribution in [-0.2, 0) is 9.47 Å². The molecule has 0 aliphatic carbocycles. The molecule has 1 atom stereocenters. The van der Waals surface area contributed by atoms with Crippen molar-refractivity contribution in [1.82, 2.24) is 0 Å². The molecule has 3 nitrogen and oxygen atoms in total. The molecule has 9 heteroatoms. The summed E-state index contributed by atoms with van der Waals surface area (Å²) < 4.78 is 73.3. The van der Waals surface area contributed by atoms with E-state index in [0.717, 1.165) is 0 Å². The van der Waals surface area contributed by atoms with E-state index >= 15 is 0 Å². The van der Waals surface area contributed by atoms with Gasteiger partial charge < -0.3 is 9.47 Å². The van der Waals surface area contributed by atoms with Crippen LogP contribution in [0.15, 0.2) is 0 Å². The van der Waals surface area contributed by atoms with E-state index in [0.29, 0.717) is 0 Å². The van der Waals surface area contributed by atoms with Crippen LogP contribution < -0.4 is 0 Å². The summed E-state index contributed by atoms with van der Waals surface area (Å²) in [5, 5.41) is 0. The van der Waals surface area contributed by atoms with Gasteiger partial charge in [-0.05, 0) is 0 Å². The highest BCUT2D eigenvalue weighted by molar-refractivity contribution is 5.60. The number of rotatable bonds is 2. The highest BCUT2D eigenvalue weighted by Gasteiger charge is 2.44. The fourth-order valence-electron chi connectivity index (χ4n) is 0.252. The molecule has 0 aliphatic rings. The van der Waals surface area contributed by atoms with Crippen LogP contribution in [0.3, 0.4) is 0 Å². The maximum Gasteiger partial charge on any atom is 0.515 e. The minimum Gasteiger partial charge on any atom is -0.389 e. The van der Waals surface area contributed by atoms with Gasteiger partial charge in [-0.2, -0.15) is 26.3 Å². The van der Waals surface area contributed by atoms with Crippen molar-refractivity contribution in [2.75, 3.05) is 0 Å². The quantitative estimate of drug-likeness (QED) is 0.520. The van der Waals surface area contributed by atoms with Crippen molar-refractivity contribution in [2.45, 2.75) is 19.1 Å². The van der Waals surface area contributed by atoms with Crippen molar-refractivity contribution in [2.24, 2.45) is 0 Å². The summed E-state index contributed by atoms with van der Waals surface area (Å²) in [5.41, 5.74) is 0. The molecule has 0 heterocycles. The number of carbonyl (C=O) groups is 1. The molecule has 0 fully saturated rings. The Balaban J connectivity index is 3.93. The predicted molar refractivity (Wildman–Crippen MR) is 24.5 cm³/mol. The van der Waals surface area contributed by atoms with Gasteiger partial charge in [-0.3, -0.25) is 0 Å². The Bertz CT molecular complexity index is 177. The molecule has 0 amide bonds. The number of hydrogen-bond acceptors (Lipinski definition) is 3. The van der Waals surface area contributed by atoms with Gasteiger partial charge in [-0.1, -0.05) is 0 Å². The number of carbonyl (C=O) groups excluding carboxylic acids is 1. The normalized spacial score (nSPS) is 14.1. The van der Waals surface area contributed by atoms with Gasteiger partial charge in [0, 0.05) is 0 Å². The first-order chi connectivity index (χ1) is 5.73. The second kappa shape index (κ2) is 4.19. The van der Waals surface area contributed by atoms with E-state index in [2.05, 4.69) is 9.47 Å². The van der Waals surface area contributed by atoms with Gasteiger partial charge in [0.1, 0.15) is 0 Å². The number of hydrogen-bond donors (Lipinski definition) is 0. The first-order valence-electron chi connectivity index (χ1n) is 2.59. The van der Waals surface area contributed by atoms with Crippen LogP contribution in [-0.4, -0.2) is 25.3 Å². The molecule has 0 saturated carbocycles. The standard InChI is InChI=1S/C4H2F6O3/c5-1(4(8,9)10)12-3(11)13-2(6)7/h1-2H. The van der Waals surface area contributed by atoms with Gasteiger partial charge in [-0.15, -0.1) is 0 Å². The average Bonchev–Trinajstić information content (AvgIpc) is 1.82. The van der Waals surface area contributed by atoms with Crippen LogP contribution in [0.25, 0.3) is 0 Å². The van der Waals surface area contributed by atoms with Gasteiger partial charge in [0.25, 0.3) is 0 Å². The lowest BCUT2D eigenvalue weighted by Gasteiger charge is -2.12. The summed E-state index contributed by atoms with van der Waals surface area (Å²) in [6, 6.07) is 0. The van der Waals surface area contributed by atoms with Gasteiger partial charge in [0.2, 0.25) is 0 Å². The third kappa shape index (κ3) is 5.15. The van der Waals surface area contributed by atoms with Gasteiger partial charge in [0.15, 0.2) is 0 Å². The van der Waals surface area contributed by atoms with Crippen molar-refractivity contribution in [3.05, 3.63) is 0 Å². The van der Waals surface area contributed by atoms with Crippen molar-refractivity contribution >= 4 is 6.16 Å². The molecule has 0 aromatic carbocycles. The summed E-state index contributed by atoms with van der Waals surface area (Å²) >= 11 is 0. The molecule has 0 rings (SSSR count). The largest absolute Gasteiger partial charge is 0.515 e. The molecular formula is C4H2F6O3. The molecule has 0 radical (unpaired) electrons. The molecule has 0 spiro atoms. The lowest BCUT2D eigenvalue weighted by Crippen LogP contribution is -2.30. The molecule has 78 valence electrons. The lowest BCUT2D eigenvalue weighted by atomic mass is 10.7. The molecule has 13 heavy (non-hydrogen) atoms. The predicted octanol–water partition coefficient (Wildman–Crippen LogP) is 2.22. The van der Waals surface area contributed by atoms with Gasteiger partial charge in [-0.25, -0.2) is 4.79 Å². The summed E-state index contributed by atoms with van der Waals surface area (Å²) in [7, 11) is 0. The van der Waals surface area contributed by atoms with E-state index in [1.54, 1.807) is 0 Å². The van der Waals surface area contributed by atoms with E-state index < -0.39 is 25.3 Å². The minimum atomic E-state index is -5.46. The van der Waals surface area contributed by atoms with Crippen LogP contribution in [0.2, 0.25) is 0 Å². The average molecular weight is 212 g/mol.